The van der Waals surface area contributed by atoms with Gasteiger partial charge in [0, 0.05) is 11.5 Å². The molecule has 0 radical (unpaired) electrons. The van der Waals surface area contributed by atoms with Gasteiger partial charge in [-0.15, -0.1) is 0 Å². The van der Waals surface area contributed by atoms with Gasteiger partial charge in [0.25, 0.3) is 0 Å². The van der Waals surface area contributed by atoms with Gasteiger partial charge in [0.05, 0.1) is 0 Å². The molecule has 1 fully saturated rings. The molecule has 0 amide bonds. The maximum Gasteiger partial charge on any atom is 0.00235 e. The highest BCUT2D eigenvalue weighted by Crippen LogP contribution is 2.15. The number of rotatable bonds is 0. The van der Waals surface area contributed by atoms with E-state index in [1.54, 1.807) is 0 Å². The first-order valence-electron chi connectivity index (χ1n) is 6.65. The third-order valence-electron chi connectivity index (χ3n) is 2.95. The van der Waals surface area contributed by atoms with Gasteiger partial charge < -0.3 is 0 Å². The Kier molecular flexibility index (Phi) is 10.3. The monoisotopic (exact) mass is 246 g/mol. The summed E-state index contributed by atoms with van der Waals surface area (Å²) in [5.74, 6) is 5.57. The average Bonchev–Trinajstić information content (AvgIpc) is 2.27. The van der Waals surface area contributed by atoms with Crippen LogP contribution in [0.3, 0.4) is 0 Å². The third-order valence-corrected chi connectivity index (χ3v) is 5.35. The molecule has 0 aromatic carbocycles. The number of thioether (sulfide) groups is 2. The lowest BCUT2D eigenvalue weighted by molar-refractivity contribution is 0.574. The second-order valence-corrected chi connectivity index (χ2v) is 6.86. The van der Waals surface area contributed by atoms with Crippen LogP contribution in [0.25, 0.3) is 0 Å². The fourth-order valence-electron chi connectivity index (χ4n) is 1.97. The van der Waals surface area contributed by atoms with E-state index in [9.17, 15) is 0 Å². The van der Waals surface area contributed by atoms with Crippen LogP contribution in [0, 0.1) is 0 Å². The molecule has 0 aromatic heterocycles. The second kappa shape index (κ2) is 11.2. The van der Waals surface area contributed by atoms with E-state index in [1.165, 1.54) is 80.8 Å². The van der Waals surface area contributed by atoms with Crippen molar-refractivity contribution in [2.75, 3.05) is 23.0 Å². The summed E-state index contributed by atoms with van der Waals surface area (Å²) >= 11 is 4.33. The van der Waals surface area contributed by atoms with E-state index in [2.05, 4.69) is 23.5 Å². The van der Waals surface area contributed by atoms with Crippen molar-refractivity contribution in [1.29, 1.82) is 0 Å². The van der Waals surface area contributed by atoms with Gasteiger partial charge in [0.15, 0.2) is 0 Å². The molecule has 0 aromatic rings. The molecule has 2 heteroatoms. The number of hydrogen-bond donors (Lipinski definition) is 0. The highest BCUT2D eigenvalue weighted by molar-refractivity contribution is 8.02. The minimum atomic E-state index is 1.38. The Hall–Kier alpha value is 0.700. The lowest BCUT2D eigenvalue weighted by Crippen LogP contribution is -1.89. The van der Waals surface area contributed by atoms with Crippen LogP contribution in [0.15, 0.2) is 0 Å². The first-order valence-corrected chi connectivity index (χ1v) is 8.96. The predicted octanol–water partition coefficient (Wildman–Crippen LogP) is 4.98. The lowest BCUT2D eigenvalue weighted by atomic mass is 10.1. The molecule has 0 aliphatic carbocycles. The van der Waals surface area contributed by atoms with E-state index in [0.29, 0.717) is 0 Å². The van der Waals surface area contributed by atoms with Crippen molar-refractivity contribution in [3.63, 3.8) is 0 Å². The summed E-state index contributed by atoms with van der Waals surface area (Å²) in [6.45, 7) is 0. The molecule has 0 bridgehead atoms. The standard InChI is InChI=1S/C13H26S2/c1-2-4-6-8-10-14-12-13-15-11-9-7-5-3-1/h1-13H2. The molecule has 0 nitrogen and oxygen atoms in total. The van der Waals surface area contributed by atoms with Crippen molar-refractivity contribution in [1.82, 2.24) is 0 Å². The molecule has 0 unspecified atom stereocenters. The van der Waals surface area contributed by atoms with Crippen LogP contribution >= 0.6 is 23.5 Å². The Balaban J connectivity index is 2.01. The quantitative estimate of drug-likeness (QED) is 0.591. The van der Waals surface area contributed by atoms with Crippen molar-refractivity contribution in [3.8, 4) is 0 Å². The van der Waals surface area contributed by atoms with Gasteiger partial charge in [-0.25, -0.2) is 0 Å². The summed E-state index contributed by atoms with van der Waals surface area (Å²) in [7, 11) is 0. The summed E-state index contributed by atoms with van der Waals surface area (Å²) in [4.78, 5) is 0. The molecule has 1 aliphatic heterocycles. The molecule has 1 aliphatic rings. The Morgan fingerprint density at radius 1 is 0.333 bits per heavy atom. The molecular weight excluding hydrogens is 220 g/mol. The molecule has 1 saturated heterocycles. The minimum Gasteiger partial charge on any atom is -0.161 e. The van der Waals surface area contributed by atoms with Gasteiger partial charge in [-0.2, -0.15) is 23.5 Å². The molecule has 1 rings (SSSR count). The van der Waals surface area contributed by atoms with E-state index in [4.69, 9.17) is 0 Å². The van der Waals surface area contributed by atoms with Crippen LogP contribution in [-0.4, -0.2) is 23.0 Å². The largest absolute Gasteiger partial charge is 0.161 e. The fraction of sp³-hybridized carbons (Fsp3) is 1.00. The van der Waals surface area contributed by atoms with E-state index < -0.39 is 0 Å². The predicted molar refractivity (Wildman–Crippen MR) is 76.2 cm³/mol. The average molecular weight is 246 g/mol. The normalized spacial score (nSPS) is 24.0. The van der Waals surface area contributed by atoms with Crippen LogP contribution in [0.2, 0.25) is 0 Å². The smallest absolute Gasteiger partial charge is 0.00235 e. The zero-order valence-electron chi connectivity index (χ0n) is 10.0. The van der Waals surface area contributed by atoms with E-state index in [0.717, 1.165) is 0 Å². The van der Waals surface area contributed by atoms with Crippen LogP contribution in [0.1, 0.15) is 57.8 Å². The molecule has 0 spiro atoms. The SMILES string of the molecule is C1CCCCCSCCSCCCCC1. The molecule has 90 valence electrons. The van der Waals surface area contributed by atoms with E-state index in [-0.39, 0.29) is 0 Å². The minimum absolute atomic E-state index is 1.38. The Morgan fingerprint density at radius 2 is 0.667 bits per heavy atom. The summed E-state index contributed by atoms with van der Waals surface area (Å²) in [5, 5.41) is 0. The Bertz CT molecular complexity index is 67.1. The molecule has 0 saturated carbocycles. The highest BCUT2D eigenvalue weighted by Gasteiger charge is 1.96. The van der Waals surface area contributed by atoms with Gasteiger partial charge in [-0.1, -0.05) is 44.9 Å². The fourth-order valence-corrected chi connectivity index (χ4v) is 4.14. The lowest BCUT2D eigenvalue weighted by Gasteiger charge is -2.01. The van der Waals surface area contributed by atoms with Crippen LogP contribution in [0.4, 0.5) is 0 Å². The Labute approximate surface area is 104 Å². The number of hydrogen-bond acceptors (Lipinski definition) is 2. The third kappa shape index (κ3) is 9.62. The van der Waals surface area contributed by atoms with Gasteiger partial charge in [-0.3, -0.25) is 0 Å². The zero-order chi connectivity index (χ0) is 10.6. The van der Waals surface area contributed by atoms with Crippen molar-refractivity contribution in [2.45, 2.75) is 57.8 Å². The van der Waals surface area contributed by atoms with E-state index >= 15 is 0 Å². The first kappa shape index (κ1) is 13.8. The summed E-state index contributed by atoms with van der Waals surface area (Å²) in [5.41, 5.74) is 0. The molecule has 15 heavy (non-hydrogen) atoms. The van der Waals surface area contributed by atoms with Gasteiger partial charge in [0.2, 0.25) is 0 Å². The molecule has 0 atom stereocenters. The highest BCUT2D eigenvalue weighted by atomic mass is 32.2. The van der Waals surface area contributed by atoms with Gasteiger partial charge in [0.1, 0.15) is 0 Å². The summed E-state index contributed by atoms with van der Waals surface area (Å²) in [6, 6.07) is 0. The zero-order valence-corrected chi connectivity index (χ0v) is 11.6. The van der Waals surface area contributed by atoms with Gasteiger partial charge >= 0.3 is 0 Å². The van der Waals surface area contributed by atoms with Crippen LogP contribution < -0.4 is 0 Å². The summed E-state index contributed by atoms with van der Waals surface area (Å²) in [6.07, 6.45) is 13.3. The van der Waals surface area contributed by atoms with Crippen LogP contribution in [0.5, 0.6) is 0 Å². The second-order valence-electron chi connectivity index (χ2n) is 4.41. The van der Waals surface area contributed by atoms with Gasteiger partial charge in [-0.05, 0) is 24.3 Å². The van der Waals surface area contributed by atoms with Crippen LogP contribution in [-0.2, 0) is 0 Å². The maximum atomic E-state index is 2.16. The molecular formula is C13H26S2. The Morgan fingerprint density at radius 3 is 1.07 bits per heavy atom. The maximum absolute atomic E-state index is 2.16. The van der Waals surface area contributed by atoms with Crippen molar-refractivity contribution >= 4 is 23.5 Å². The van der Waals surface area contributed by atoms with Crippen molar-refractivity contribution in [3.05, 3.63) is 0 Å². The molecule has 0 N–H and O–H groups in total. The first-order chi connectivity index (χ1) is 7.50. The summed E-state index contributed by atoms with van der Waals surface area (Å²) < 4.78 is 0. The van der Waals surface area contributed by atoms with E-state index in [1.807, 2.05) is 0 Å². The van der Waals surface area contributed by atoms with Crippen molar-refractivity contribution < 1.29 is 0 Å². The van der Waals surface area contributed by atoms with Crippen molar-refractivity contribution in [2.24, 2.45) is 0 Å². The molecule has 1 heterocycles. The topological polar surface area (TPSA) is 0 Å².